The van der Waals surface area contributed by atoms with Crippen molar-refractivity contribution in [1.29, 1.82) is 0 Å². The van der Waals surface area contributed by atoms with E-state index >= 15 is 0 Å². The van der Waals surface area contributed by atoms with E-state index < -0.39 is 11.9 Å². The quantitative estimate of drug-likeness (QED) is 0.525. The Balaban J connectivity index is 1.64. The highest BCUT2D eigenvalue weighted by Gasteiger charge is 2.20. The number of imide groups is 1. The van der Waals surface area contributed by atoms with Gasteiger partial charge in [-0.2, -0.15) is 0 Å². The molecule has 31 heavy (non-hydrogen) atoms. The average Bonchev–Trinajstić information content (AvgIpc) is 2.73. The van der Waals surface area contributed by atoms with Gasteiger partial charge in [-0.3, -0.25) is 15.4 Å². The molecule has 10 heteroatoms. The normalized spacial score (nSPS) is 10.2. The van der Waals surface area contributed by atoms with Crippen molar-refractivity contribution in [3.8, 4) is 23.0 Å². The molecule has 8 nitrogen and oxygen atoms in total. The molecule has 0 aliphatic rings. The smallest absolute Gasteiger partial charge is 0.327 e. The molecule has 3 aromatic rings. The topological polar surface area (TPSA) is 98.8 Å². The third-order valence-electron chi connectivity index (χ3n) is 3.93. The lowest BCUT2D eigenvalue weighted by atomic mass is 10.1. The molecule has 3 rings (SSSR count). The molecule has 2 N–H and O–H groups in total. The summed E-state index contributed by atoms with van der Waals surface area (Å²) >= 11 is 11.9. The lowest BCUT2D eigenvalue weighted by Crippen LogP contribution is -2.35. The maximum atomic E-state index is 12.5. The van der Waals surface area contributed by atoms with Gasteiger partial charge >= 0.3 is 6.03 Å². The number of urea groups is 1. The molecule has 0 aliphatic carbocycles. The second-order valence-electron chi connectivity index (χ2n) is 6.03. The number of halogens is 2. The third kappa shape index (κ3) is 5.78. The van der Waals surface area contributed by atoms with Crippen molar-refractivity contribution in [3.05, 3.63) is 70.3 Å². The van der Waals surface area contributed by atoms with Crippen LogP contribution in [0.4, 0.5) is 10.6 Å². The SMILES string of the molecule is COc1cccc(OC)c1C(=O)NC(=O)Nc1ccc(Oc2cc(Cl)cc(Cl)c2)cn1. The molecule has 160 valence electrons. The molecule has 1 heterocycles. The Morgan fingerprint density at radius 1 is 0.903 bits per heavy atom. The van der Waals surface area contributed by atoms with Crippen LogP contribution in [-0.2, 0) is 0 Å². The summed E-state index contributed by atoms with van der Waals surface area (Å²) in [5.41, 5.74) is 0.0968. The minimum Gasteiger partial charge on any atom is -0.496 e. The molecule has 0 unspecified atom stereocenters. The fourth-order valence-corrected chi connectivity index (χ4v) is 3.13. The van der Waals surface area contributed by atoms with Crippen LogP contribution >= 0.6 is 23.2 Å². The molecule has 0 fully saturated rings. The van der Waals surface area contributed by atoms with Crippen molar-refractivity contribution in [1.82, 2.24) is 10.3 Å². The van der Waals surface area contributed by atoms with E-state index in [4.69, 9.17) is 37.4 Å². The van der Waals surface area contributed by atoms with Crippen LogP contribution in [0.15, 0.2) is 54.7 Å². The van der Waals surface area contributed by atoms with Gasteiger partial charge in [0.25, 0.3) is 5.91 Å². The Morgan fingerprint density at radius 3 is 2.10 bits per heavy atom. The van der Waals surface area contributed by atoms with Crippen molar-refractivity contribution in [2.75, 3.05) is 19.5 Å². The standard InChI is InChI=1S/C21H17Cl2N3O5/c1-29-16-4-3-5-17(30-2)19(16)20(27)26-21(28)25-18-7-6-14(11-24-18)31-15-9-12(22)8-13(23)10-15/h3-11H,1-2H3,(H2,24,25,26,27,28). The number of pyridine rings is 1. The number of amides is 3. The molecule has 1 aromatic heterocycles. The van der Waals surface area contributed by atoms with Gasteiger partial charge in [0.15, 0.2) is 0 Å². The minimum atomic E-state index is -0.777. The summed E-state index contributed by atoms with van der Waals surface area (Å²) in [5, 5.41) is 5.54. The summed E-state index contributed by atoms with van der Waals surface area (Å²) in [6, 6.07) is 11.9. The summed E-state index contributed by atoms with van der Waals surface area (Å²) in [6.07, 6.45) is 1.40. The van der Waals surface area contributed by atoms with Gasteiger partial charge in [0.2, 0.25) is 0 Å². The Bertz CT molecular complexity index is 1060. The number of methoxy groups -OCH3 is 2. The highest BCUT2D eigenvalue weighted by atomic mass is 35.5. The first kappa shape index (κ1) is 22.2. The van der Waals surface area contributed by atoms with E-state index in [0.717, 1.165) is 0 Å². The number of carbonyl (C=O) groups excluding carboxylic acids is 2. The maximum Gasteiger partial charge on any atom is 0.327 e. The summed E-state index contributed by atoms with van der Waals surface area (Å²) in [4.78, 5) is 28.8. The van der Waals surface area contributed by atoms with E-state index in [0.29, 0.717) is 21.5 Å². The summed E-state index contributed by atoms with van der Waals surface area (Å²) in [6.45, 7) is 0. The van der Waals surface area contributed by atoms with E-state index in [1.807, 2.05) is 0 Å². The van der Waals surface area contributed by atoms with Gasteiger partial charge in [-0.05, 0) is 42.5 Å². The molecule has 0 spiro atoms. The maximum absolute atomic E-state index is 12.5. The van der Waals surface area contributed by atoms with Crippen molar-refractivity contribution in [2.24, 2.45) is 0 Å². The van der Waals surface area contributed by atoms with Crippen LogP contribution < -0.4 is 24.8 Å². The van der Waals surface area contributed by atoms with Gasteiger partial charge in [-0.1, -0.05) is 29.3 Å². The van der Waals surface area contributed by atoms with Crippen LogP contribution in [0.1, 0.15) is 10.4 Å². The van der Waals surface area contributed by atoms with Crippen molar-refractivity contribution >= 4 is 41.0 Å². The van der Waals surface area contributed by atoms with Crippen molar-refractivity contribution in [2.45, 2.75) is 0 Å². The molecule has 0 radical (unpaired) electrons. The molecule has 0 saturated heterocycles. The van der Waals surface area contributed by atoms with Crippen LogP contribution in [0.2, 0.25) is 10.0 Å². The monoisotopic (exact) mass is 461 g/mol. The number of aromatic nitrogens is 1. The highest BCUT2D eigenvalue weighted by molar-refractivity contribution is 6.34. The summed E-state index contributed by atoms with van der Waals surface area (Å²) < 4.78 is 16.0. The zero-order valence-electron chi connectivity index (χ0n) is 16.4. The van der Waals surface area contributed by atoms with E-state index in [-0.39, 0.29) is 22.9 Å². The molecule has 0 saturated carbocycles. The van der Waals surface area contributed by atoms with Crippen LogP contribution in [0, 0.1) is 0 Å². The Morgan fingerprint density at radius 2 is 1.55 bits per heavy atom. The molecule has 0 atom stereocenters. The number of carbonyl (C=O) groups is 2. The molecule has 2 aromatic carbocycles. The predicted molar refractivity (Wildman–Crippen MR) is 117 cm³/mol. The lowest BCUT2D eigenvalue weighted by molar-refractivity contribution is 0.0961. The Hall–Kier alpha value is -3.49. The van der Waals surface area contributed by atoms with E-state index in [2.05, 4.69) is 15.6 Å². The minimum absolute atomic E-state index is 0.0968. The van der Waals surface area contributed by atoms with Gasteiger partial charge in [0.1, 0.15) is 34.4 Å². The zero-order chi connectivity index (χ0) is 22.4. The first-order chi connectivity index (χ1) is 14.9. The number of ether oxygens (including phenoxy) is 3. The van der Waals surface area contributed by atoms with Gasteiger partial charge in [-0.25, -0.2) is 9.78 Å². The number of hydrogen-bond donors (Lipinski definition) is 2. The van der Waals surface area contributed by atoms with Gasteiger partial charge in [0.05, 0.1) is 20.4 Å². The second-order valence-corrected chi connectivity index (χ2v) is 6.91. The van der Waals surface area contributed by atoms with Crippen LogP contribution in [0.3, 0.4) is 0 Å². The average molecular weight is 462 g/mol. The number of hydrogen-bond acceptors (Lipinski definition) is 6. The molecule has 3 amide bonds. The van der Waals surface area contributed by atoms with Gasteiger partial charge in [-0.15, -0.1) is 0 Å². The van der Waals surface area contributed by atoms with E-state index in [1.165, 1.54) is 26.5 Å². The Kier molecular flexibility index (Phi) is 7.17. The summed E-state index contributed by atoms with van der Waals surface area (Å²) in [7, 11) is 2.83. The van der Waals surface area contributed by atoms with Crippen LogP contribution in [0.25, 0.3) is 0 Å². The van der Waals surface area contributed by atoms with Crippen molar-refractivity contribution < 1.29 is 23.8 Å². The Labute approximate surface area is 188 Å². The summed E-state index contributed by atoms with van der Waals surface area (Å²) in [5.74, 6) is 0.891. The first-order valence-corrected chi connectivity index (χ1v) is 9.58. The fourth-order valence-electron chi connectivity index (χ4n) is 2.63. The largest absolute Gasteiger partial charge is 0.496 e. The third-order valence-corrected chi connectivity index (χ3v) is 4.37. The number of benzene rings is 2. The molecule has 0 bridgehead atoms. The molecular formula is C21H17Cl2N3O5. The predicted octanol–water partition coefficient (Wildman–Crippen LogP) is 5.16. The molecule has 0 aliphatic heterocycles. The molecular weight excluding hydrogens is 445 g/mol. The van der Waals surface area contributed by atoms with Crippen molar-refractivity contribution in [3.63, 3.8) is 0 Å². The first-order valence-electron chi connectivity index (χ1n) is 8.83. The number of nitrogens with zero attached hydrogens (tertiary/aromatic N) is 1. The second kappa shape index (κ2) is 10.0. The van der Waals surface area contributed by atoms with Gasteiger partial charge in [0, 0.05) is 10.0 Å². The van der Waals surface area contributed by atoms with Crippen LogP contribution in [0.5, 0.6) is 23.0 Å². The number of nitrogens with one attached hydrogen (secondary N) is 2. The lowest BCUT2D eigenvalue weighted by Gasteiger charge is -2.13. The van der Waals surface area contributed by atoms with E-state index in [9.17, 15) is 9.59 Å². The zero-order valence-corrected chi connectivity index (χ0v) is 18.0. The van der Waals surface area contributed by atoms with Crippen LogP contribution in [-0.4, -0.2) is 31.1 Å². The van der Waals surface area contributed by atoms with Gasteiger partial charge < -0.3 is 14.2 Å². The fraction of sp³-hybridized carbons (Fsp3) is 0.0952. The number of rotatable bonds is 6. The highest BCUT2D eigenvalue weighted by Crippen LogP contribution is 2.29. The number of anilines is 1. The van der Waals surface area contributed by atoms with E-state index in [1.54, 1.807) is 42.5 Å².